The van der Waals surface area contributed by atoms with Gasteiger partial charge in [0.05, 0.1) is 20.8 Å². The number of nitrogens with zero attached hydrogens (tertiary/aromatic N) is 4. The van der Waals surface area contributed by atoms with E-state index in [1.807, 2.05) is 24.1 Å². The molecule has 0 atom stereocenters. The van der Waals surface area contributed by atoms with E-state index in [0.717, 1.165) is 76.1 Å². The monoisotopic (exact) mass is 445 g/mol. The normalized spacial score (nSPS) is 18.1. The quantitative estimate of drug-likeness (QED) is 0.510. The maximum absolute atomic E-state index is 12.4. The van der Waals surface area contributed by atoms with Crippen LogP contribution in [0.4, 0.5) is 0 Å². The second-order valence-electron chi connectivity index (χ2n) is 9.21. The van der Waals surface area contributed by atoms with Gasteiger partial charge in [0.15, 0.2) is 17.5 Å². The summed E-state index contributed by atoms with van der Waals surface area (Å²) in [5.74, 6) is 2.65. The highest BCUT2D eigenvalue weighted by Gasteiger charge is 2.27. The third kappa shape index (κ3) is 5.85. The molecule has 8 nitrogen and oxygen atoms in total. The van der Waals surface area contributed by atoms with Crippen LogP contribution in [-0.2, 0) is 10.2 Å². The van der Waals surface area contributed by atoms with E-state index in [2.05, 4.69) is 40.0 Å². The van der Waals surface area contributed by atoms with Crippen LogP contribution in [0.1, 0.15) is 32.3 Å². The Labute approximate surface area is 192 Å². The molecule has 178 valence electrons. The third-order valence-electron chi connectivity index (χ3n) is 6.55. The number of benzene rings is 1. The average molecular weight is 446 g/mol. The van der Waals surface area contributed by atoms with Gasteiger partial charge in [-0.05, 0) is 30.5 Å². The second-order valence-corrected chi connectivity index (χ2v) is 9.21. The zero-order chi connectivity index (χ0) is 23.1. The Balaban J connectivity index is 1.52. The van der Waals surface area contributed by atoms with E-state index >= 15 is 0 Å². The summed E-state index contributed by atoms with van der Waals surface area (Å²) >= 11 is 0. The van der Waals surface area contributed by atoms with Gasteiger partial charge < -0.3 is 24.6 Å². The summed E-state index contributed by atoms with van der Waals surface area (Å²) in [6.45, 7) is 11.0. The Morgan fingerprint density at radius 1 is 1.00 bits per heavy atom. The zero-order valence-corrected chi connectivity index (χ0v) is 20.3. The van der Waals surface area contributed by atoms with Gasteiger partial charge in [-0.3, -0.25) is 14.7 Å². The lowest BCUT2D eigenvalue weighted by molar-refractivity contribution is -0.131. The van der Waals surface area contributed by atoms with Crippen molar-refractivity contribution < 1.29 is 14.3 Å². The minimum Gasteiger partial charge on any atom is -0.493 e. The molecule has 2 fully saturated rings. The van der Waals surface area contributed by atoms with Crippen molar-refractivity contribution in [3.8, 4) is 11.5 Å². The Hall–Kier alpha value is -2.48. The molecular formula is C24H39N5O3. The minimum absolute atomic E-state index is 0.126. The fourth-order valence-electron chi connectivity index (χ4n) is 4.37. The van der Waals surface area contributed by atoms with Crippen molar-refractivity contribution in [1.82, 2.24) is 20.0 Å². The van der Waals surface area contributed by atoms with Gasteiger partial charge in [-0.25, -0.2) is 0 Å². The van der Waals surface area contributed by atoms with Crippen LogP contribution >= 0.6 is 0 Å². The number of guanidine groups is 1. The number of carbonyl (C=O) groups excluding carboxylic acids is 1. The van der Waals surface area contributed by atoms with Crippen LogP contribution in [0.3, 0.4) is 0 Å². The zero-order valence-electron chi connectivity index (χ0n) is 20.3. The van der Waals surface area contributed by atoms with Crippen molar-refractivity contribution in [3.05, 3.63) is 23.8 Å². The Bertz CT molecular complexity index is 797. The molecule has 0 saturated carbocycles. The third-order valence-corrected chi connectivity index (χ3v) is 6.55. The van der Waals surface area contributed by atoms with Gasteiger partial charge in [-0.15, -0.1) is 0 Å². The SMILES string of the molecule is CN=C(NCC(C)(C)c1ccc(OC)c(OC)c1)N1CCN(CC(=O)N2CCCC2)CC1. The highest BCUT2D eigenvalue weighted by molar-refractivity contribution is 5.80. The summed E-state index contributed by atoms with van der Waals surface area (Å²) < 4.78 is 10.8. The van der Waals surface area contributed by atoms with E-state index in [4.69, 9.17) is 9.47 Å². The smallest absolute Gasteiger partial charge is 0.236 e. The van der Waals surface area contributed by atoms with Crippen molar-refractivity contribution in [2.24, 2.45) is 4.99 Å². The Morgan fingerprint density at radius 3 is 2.25 bits per heavy atom. The minimum atomic E-state index is -0.126. The van der Waals surface area contributed by atoms with E-state index in [9.17, 15) is 4.79 Å². The molecular weight excluding hydrogens is 406 g/mol. The highest BCUT2D eigenvalue weighted by Crippen LogP contribution is 2.32. The molecule has 0 unspecified atom stereocenters. The summed E-state index contributed by atoms with van der Waals surface area (Å²) in [6, 6.07) is 6.08. The molecule has 1 N–H and O–H groups in total. The lowest BCUT2D eigenvalue weighted by atomic mass is 9.84. The van der Waals surface area contributed by atoms with Gasteiger partial charge in [0.1, 0.15) is 0 Å². The van der Waals surface area contributed by atoms with E-state index in [1.165, 1.54) is 5.56 Å². The summed E-state index contributed by atoms with van der Waals surface area (Å²) in [6.07, 6.45) is 2.28. The molecule has 2 heterocycles. The molecule has 2 aliphatic heterocycles. The molecule has 1 aromatic rings. The van der Waals surface area contributed by atoms with Gasteiger partial charge in [-0.2, -0.15) is 0 Å². The molecule has 0 radical (unpaired) electrons. The molecule has 0 bridgehead atoms. The van der Waals surface area contributed by atoms with Gasteiger partial charge in [-0.1, -0.05) is 19.9 Å². The van der Waals surface area contributed by atoms with Crippen LogP contribution in [-0.4, -0.2) is 100 Å². The van der Waals surface area contributed by atoms with Gasteiger partial charge in [0, 0.05) is 58.3 Å². The number of carbonyl (C=O) groups is 1. The number of hydrogen-bond donors (Lipinski definition) is 1. The molecule has 2 saturated heterocycles. The molecule has 8 heteroatoms. The molecule has 2 aliphatic rings. The van der Waals surface area contributed by atoms with Crippen LogP contribution in [0.25, 0.3) is 0 Å². The maximum Gasteiger partial charge on any atom is 0.236 e. The predicted molar refractivity (Wildman–Crippen MR) is 128 cm³/mol. The predicted octanol–water partition coefficient (Wildman–Crippen LogP) is 1.80. The first-order chi connectivity index (χ1) is 15.4. The van der Waals surface area contributed by atoms with Crippen LogP contribution in [0.15, 0.2) is 23.2 Å². The fourth-order valence-corrected chi connectivity index (χ4v) is 4.37. The van der Waals surface area contributed by atoms with Crippen LogP contribution < -0.4 is 14.8 Å². The number of ether oxygens (including phenoxy) is 2. The summed E-state index contributed by atoms with van der Waals surface area (Å²) in [5, 5.41) is 3.55. The first kappa shape index (κ1) is 24.2. The summed E-state index contributed by atoms with van der Waals surface area (Å²) in [5.41, 5.74) is 1.04. The van der Waals surface area contributed by atoms with Crippen molar-refractivity contribution >= 4 is 11.9 Å². The van der Waals surface area contributed by atoms with E-state index in [1.54, 1.807) is 14.2 Å². The number of aliphatic imine (C=N–C) groups is 1. The van der Waals surface area contributed by atoms with E-state index in [-0.39, 0.29) is 11.3 Å². The highest BCUT2D eigenvalue weighted by atomic mass is 16.5. The maximum atomic E-state index is 12.4. The van der Waals surface area contributed by atoms with Crippen molar-refractivity contribution in [3.63, 3.8) is 0 Å². The van der Waals surface area contributed by atoms with E-state index in [0.29, 0.717) is 6.54 Å². The number of rotatable bonds is 7. The lowest BCUT2D eigenvalue weighted by Crippen LogP contribution is -2.55. The Kier molecular flexibility index (Phi) is 8.23. The first-order valence-electron chi connectivity index (χ1n) is 11.6. The van der Waals surface area contributed by atoms with Gasteiger partial charge >= 0.3 is 0 Å². The first-order valence-corrected chi connectivity index (χ1v) is 11.6. The molecule has 0 aliphatic carbocycles. The average Bonchev–Trinajstić information content (AvgIpc) is 3.35. The van der Waals surface area contributed by atoms with Crippen LogP contribution in [0.2, 0.25) is 0 Å². The molecule has 3 rings (SSSR count). The number of piperazine rings is 1. The Morgan fingerprint density at radius 2 is 1.66 bits per heavy atom. The standard InChI is InChI=1S/C24H39N5O3/c1-24(2,19-8-9-20(31-4)21(16-19)32-5)18-26-23(25-3)29-14-12-27(13-15-29)17-22(30)28-10-6-7-11-28/h8-9,16H,6-7,10-15,17-18H2,1-5H3,(H,25,26). The van der Waals surface area contributed by atoms with Gasteiger partial charge in [0.25, 0.3) is 0 Å². The topological polar surface area (TPSA) is 69.6 Å². The number of methoxy groups -OCH3 is 2. The molecule has 0 spiro atoms. The van der Waals surface area contributed by atoms with Crippen molar-refractivity contribution in [2.75, 3.05) is 73.6 Å². The number of nitrogens with one attached hydrogen (secondary N) is 1. The molecule has 0 aromatic heterocycles. The molecule has 32 heavy (non-hydrogen) atoms. The summed E-state index contributed by atoms with van der Waals surface area (Å²) in [7, 11) is 5.14. The largest absolute Gasteiger partial charge is 0.493 e. The second kappa shape index (κ2) is 10.9. The van der Waals surface area contributed by atoms with Crippen molar-refractivity contribution in [2.45, 2.75) is 32.1 Å². The summed E-state index contributed by atoms with van der Waals surface area (Å²) in [4.78, 5) is 23.5. The van der Waals surface area contributed by atoms with Crippen LogP contribution in [0, 0.1) is 0 Å². The molecule has 1 amide bonds. The number of likely N-dealkylation sites (tertiary alicyclic amines) is 1. The number of amides is 1. The molecule has 1 aromatic carbocycles. The van der Waals surface area contributed by atoms with Crippen molar-refractivity contribution in [1.29, 1.82) is 0 Å². The number of hydrogen-bond acceptors (Lipinski definition) is 5. The lowest BCUT2D eigenvalue weighted by Gasteiger charge is -2.37. The van der Waals surface area contributed by atoms with Crippen LogP contribution in [0.5, 0.6) is 11.5 Å². The van der Waals surface area contributed by atoms with E-state index < -0.39 is 0 Å². The van der Waals surface area contributed by atoms with Gasteiger partial charge in [0.2, 0.25) is 5.91 Å². The fraction of sp³-hybridized carbons (Fsp3) is 0.667.